The Kier molecular flexibility index (Phi) is 4.15. The Bertz CT molecular complexity index is 500. The van der Waals surface area contributed by atoms with Crippen LogP contribution in [-0.2, 0) is 0 Å². The van der Waals surface area contributed by atoms with E-state index >= 15 is 0 Å². The lowest BCUT2D eigenvalue weighted by molar-refractivity contribution is 0.310. The summed E-state index contributed by atoms with van der Waals surface area (Å²) in [6, 6.07) is 0.555. The number of anilines is 1. The molecular formula is C15H26N4S. The van der Waals surface area contributed by atoms with Crippen LogP contribution < -0.4 is 4.90 Å². The summed E-state index contributed by atoms with van der Waals surface area (Å²) < 4.78 is 3.11. The minimum atomic E-state index is 0.555. The number of H-pyrrole nitrogens is 1. The van der Waals surface area contributed by atoms with Gasteiger partial charge in [0.05, 0.1) is 0 Å². The van der Waals surface area contributed by atoms with E-state index in [2.05, 4.69) is 33.5 Å². The van der Waals surface area contributed by atoms with Crippen LogP contribution in [0.5, 0.6) is 0 Å². The van der Waals surface area contributed by atoms with E-state index in [1.54, 1.807) is 0 Å². The lowest BCUT2D eigenvalue weighted by Crippen LogP contribution is -2.40. The van der Waals surface area contributed by atoms with Crippen LogP contribution in [0.4, 0.5) is 5.95 Å². The molecule has 3 rings (SSSR count). The second-order valence-corrected chi connectivity index (χ2v) is 7.07. The lowest BCUT2D eigenvalue weighted by atomic mass is 9.89. The Morgan fingerprint density at radius 2 is 1.85 bits per heavy atom. The van der Waals surface area contributed by atoms with Crippen LogP contribution in [-0.4, -0.2) is 27.9 Å². The van der Waals surface area contributed by atoms with Gasteiger partial charge < -0.3 is 4.90 Å². The van der Waals surface area contributed by atoms with Crippen molar-refractivity contribution in [2.24, 2.45) is 11.8 Å². The molecule has 2 aliphatic rings. The van der Waals surface area contributed by atoms with Crippen molar-refractivity contribution in [3.63, 3.8) is 0 Å². The number of aromatic nitrogens is 3. The highest BCUT2D eigenvalue weighted by atomic mass is 32.1. The zero-order valence-corrected chi connectivity index (χ0v) is 13.5. The van der Waals surface area contributed by atoms with Crippen LogP contribution >= 0.6 is 12.2 Å². The van der Waals surface area contributed by atoms with Crippen molar-refractivity contribution in [2.45, 2.75) is 58.4 Å². The molecule has 2 atom stereocenters. The van der Waals surface area contributed by atoms with Gasteiger partial charge in [0, 0.05) is 19.1 Å². The molecule has 0 radical (unpaired) electrons. The number of nitrogens with zero attached hydrogens (tertiary/aromatic N) is 3. The molecule has 1 saturated carbocycles. The molecule has 1 aromatic rings. The third-order valence-corrected chi connectivity index (χ3v) is 5.53. The van der Waals surface area contributed by atoms with Crippen LogP contribution in [0.1, 0.15) is 58.4 Å². The summed E-state index contributed by atoms with van der Waals surface area (Å²) in [5.74, 6) is 2.63. The van der Waals surface area contributed by atoms with E-state index in [-0.39, 0.29) is 0 Å². The number of nitrogens with one attached hydrogen (secondary N) is 1. The molecule has 20 heavy (non-hydrogen) atoms. The topological polar surface area (TPSA) is 36.9 Å². The third kappa shape index (κ3) is 2.65. The van der Waals surface area contributed by atoms with Crippen molar-refractivity contribution in [3.05, 3.63) is 4.77 Å². The summed E-state index contributed by atoms with van der Waals surface area (Å²) in [4.78, 5) is 2.44. The molecule has 1 N–H and O–H groups in total. The van der Waals surface area contributed by atoms with Crippen molar-refractivity contribution in [2.75, 3.05) is 18.0 Å². The maximum atomic E-state index is 5.49. The maximum absolute atomic E-state index is 5.49. The van der Waals surface area contributed by atoms with Crippen molar-refractivity contribution in [1.82, 2.24) is 14.8 Å². The van der Waals surface area contributed by atoms with E-state index in [0.717, 1.165) is 35.6 Å². The molecule has 2 fully saturated rings. The summed E-state index contributed by atoms with van der Waals surface area (Å²) in [7, 11) is 0. The van der Waals surface area contributed by atoms with Crippen molar-refractivity contribution in [3.8, 4) is 0 Å². The molecule has 4 nitrogen and oxygen atoms in total. The second-order valence-electron chi connectivity index (χ2n) is 6.68. The van der Waals surface area contributed by atoms with Gasteiger partial charge in [-0.05, 0) is 43.3 Å². The monoisotopic (exact) mass is 294 g/mol. The molecule has 0 aromatic carbocycles. The normalized spacial score (nSPS) is 28.8. The van der Waals surface area contributed by atoms with Gasteiger partial charge in [0.1, 0.15) is 0 Å². The van der Waals surface area contributed by atoms with Crippen LogP contribution in [0.3, 0.4) is 0 Å². The van der Waals surface area contributed by atoms with E-state index in [1.165, 1.54) is 38.5 Å². The van der Waals surface area contributed by atoms with Gasteiger partial charge in [0.25, 0.3) is 0 Å². The number of rotatable bonds is 2. The molecule has 2 heterocycles. The first-order chi connectivity index (χ1) is 9.66. The van der Waals surface area contributed by atoms with E-state index in [0.29, 0.717) is 6.04 Å². The lowest BCUT2D eigenvalue weighted by Gasteiger charge is -2.37. The summed E-state index contributed by atoms with van der Waals surface area (Å²) in [6.07, 6.45) is 7.77. The highest BCUT2D eigenvalue weighted by molar-refractivity contribution is 7.71. The van der Waals surface area contributed by atoms with Crippen LogP contribution in [0.15, 0.2) is 0 Å². The largest absolute Gasteiger partial charge is 0.341 e. The van der Waals surface area contributed by atoms with Gasteiger partial charge >= 0.3 is 0 Å². The molecule has 1 saturated heterocycles. The van der Waals surface area contributed by atoms with E-state index in [1.807, 2.05) is 0 Å². The van der Waals surface area contributed by atoms with Gasteiger partial charge in [-0.25, -0.2) is 5.10 Å². The fourth-order valence-electron chi connectivity index (χ4n) is 3.63. The van der Waals surface area contributed by atoms with Crippen molar-refractivity contribution in [1.29, 1.82) is 0 Å². The Labute approximate surface area is 126 Å². The summed E-state index contributed by atoms with van der Waals surface area (Å²) in [6.45, 7) is 6.93. The molecule has 0 bridgehead atoms. The molecule has 1 aromatic heterocycles. The second kappa shape index (κ2) is 5.88. The smallest absolute Gasteiger partial charge is 0.225 e. The predicted octanol–water partition coefficient (Wildman–Crippen LogP) is 3.93. The fourth-order valence-corrected chi connectivity index (χ4v) is 3.91. The molecule has 0 amide bonds. The van der Waals surface area contributed by atoms with E-state index < -0.39 is 0 Å². The summed E-state index contributed by atoms with van der Waals surface area (Å²) in [5.41, 5.74) is 0. The van der Waals surface area contributed by atoms with Gasteiger partial charge in [0.2, 0.25) is 5.95 Å². The number of aromatic amines is 1. The molecule has 2 unspecified atom stereocenters. The van der Waals surface area contributed by atoms with Crippen LogP contribution in [0.2, 0.25) is 0 Å². The average Bonchev–Trinajstić information content (AvgIpc) is 2.85. The van der Waals surface area contributed by atoms with Gasteiger partial charge in [-0.2, -0.15) is 0 Å². The van der Waals surface area contributed by atoms with Crippen LogP contribution in [0.25, 0.3) is 0 Å². The first-order valence-corrected chi connectivity index (χ1v) is 8.49. The summed E-state index contributed by atoms with van der Waals surface area (Å²) >= 11 is 5.49. The highest BCUT2D eigenvalue weighted by Crippen LogP contribution is 2.33. The van der Waals surface area contributed by atoms with Crippen LogP contribution in [0, 0.1) is 16.6 Å². The summed E-state index contributed by atoms with van der Waals surface area (Å²) in [5, 5.41) is 7.58. The Balaban J connectivity index is 1.85. The molecule has 0 spiro atoms. The molecule has 1 aliphatic carbocycles. The zero-order chi connectivity index (χ0) is 14.1. The minimum absolute atomic E-state index is 0.555. The fraction of sp³-hybridized carbons (Fsp3) is 0.867. The quantitative estimate of drug-likeness (QED) is 0.840. The number of hydrogen-bond acceptors (Lipinski definition) is 3. The van der Waals surface area contributed by atoms with Gasteiger partial charge in [0.15, 0.2) is 4.77 Å². The Morgan fingerprint density at radius 1 is 1.10 bits per heavy atom. The maximum Gasteiger partial charge on any atom is 0.225 e. The predicted molar refractivity (Wildman–Crippen MR) is 84.7 cm³/mol. The number of piperidine rings is 1. The zero-order valence-electron chi connectivity index (χ0n) is 12.6. The van der Waals surface area contributed by atoms with Crippen molar-refractivity contribution < 1.29 is 0 Å². The highest BCUT2D eigenvalue weighted by Gasteiger charge is 2.28. The van der Waals surface area contributed by atoms with Gasteiger partial charge in [-0.1, -0.05) is 33.1 Å². The first-order valence-electron chi connectivity index (χ1n) is 8.08. The number of hydrogen-bond donors (Lipinski definition) is 1. The van der Waals surface area contributed by atoms with Gasteiger partial charge in [-0.3, -0.25) is 4.57 Å². The molecule has 1 aliphatic heterocycles. The van der Waals surface area contributed by atoms with Crippen molar-refractivity contribution >= 4 is 18.2 Å². The van der Waals surface area contributed by atoms with E-state index in [9.17, 15) is 0 Å². The van der Waals surface area contributed by atoms with E-state index in [4.69, 9.17) is 12.2 Å². The molecule has 112 valence electrons. The minimum Gasteiger partial charge on any atom is -0.341 e. The Hall–Kier alpha value is -0.840. The first kappa shape index (κ1) is 14.1. The average molecular weight is 294 g/mol. The van der Waals surface area contributed by atoms with Gasteiger partial charge in [-0.15, -0.1) is 5.10 Å². The third-order valence-electron chi connectivity index (χ3n) is 5.24. The SMILES string of the molecule is CC1CCN(c2n[nH]c(=S)n2C2CCCCC2)CC1C. The molecular weight excluding hydrogens is 268 g/mol. The standard InChI is InChI=1S/C15H26N4S/c1-11-8-9-18(10-12(11)2)14-16-17-15(20)19(14)13-6-4-3-5-7-13/h11-13H,3-10H2,1-2H3,(H,17,20). The Morgan fingerprint density at radius 3 is 2.55 bits per heavy atom. The molecule has 5 heteroatoms.